The third kappa shape index (κ3) is 3.49. The van der Waals surface area contributed by atoms with Gasteiger partial charge in [0.15, 0.2) is 0 Å². The average Bonchev–Trinajstić information content (AvgIpc) is 2.82. The second-order valence-electron chi connectivity index (χ2n) is 8.03. The molecular weight excluding hydrogens is 332 g/mol. The fourth-order valence-electron chi connectivity index (χ4n) is 4.39. The van der Waals surface area contributed by atoms with Crippen LogP contribution in [0.3, 0.4) is 0 Å². The highest BCUT2D eigenvalue weighted by Gasteiger charge is 2.22. The van der Waals surface area contributed by atoms with Crippen molar-refractivity contribution in [3.8, 4) is 5.75 Å². The first-order valence-corrected chi connectivity index (χ1v) is 10.00. The molecule has 0 fully saturated rings. The predicted octanol–water partition coefficient (Wildman–Crippen LogP) is 4.79. The van der Waals surface area contributed by atoms with E-state index in [-0.39, 0.29) is 0 Å². The van der Waals surface area contributed by atoms with Gasteiger partial charge >= 0.3 is 0 Å². The number of aryl methyl sites for hydroxylation is 1. The van der Waals surface area contributed by atoms with E-state index in [0.29, 0.717) is 5.92 Å². The Kier molecular flexibility index (Phi) is 4.96. The van der Waals surface area contributed by atoms with E-state index in [1.165, 1.54) is 22.0 Å². The van der Waals surface area contributed by atoms with Gasteiger partial charge in [-0.25, -0.2) is 0 Å². The summed E-state index contributed by atoms with van der Waals surface area (Å²) < 4.78 is 7.91. The first-order valence-electron chi connectivity index (χ1n) is 10.00. The van der Waals surface area contributed by atoms with Gasteiger partial charge in [-0.3, -0.25) is 0 Å². The summed E-state index contributed by atoms with van der Waals surface area (Å²) >= 11 is 0. The molecule has 27 heavy (non-hydrogen) atoms. The Morgan fingerprint density at radius 2 is 1.78 bits per heavy atom. The summed E-state index contributed by atoms with van der Waals surface area (Å²) in [5.41, 5.74) is 7.23. The maximum absolute atomic E-state index is 5.31. The third-order valence-corrected chi connectivity index (χ3v) is 6.06. The zero-order valence-electron chi connectivity index (χ0n) is 17.0. The van der Waals surface area contributed by atoms with Gasteiger partial charge in [-0.05, 0) is 61.7 Å². The summed E-state index contributed by atoms with van der Waals surface area (Å²) in [5.74, 6) is 1.38. The normalized spacial score (nSPS) is 16.1. The van der Waals surface area contributed by atoms with Crippen LogP contribution >= 0.6 is 0 Å². The van der Waals surface area contributed by atoms with Gasteiger partial charge in [-0.1, -0.05) is 30.7 Å². The van der Waals surface area contributed by atoms with Crippen LogP contribution in [0.5, 0.6) is 5.75 Å². The number of hydrogen-bond acceptors (Lipinski definition) is 2. The summed E-state index contributed by atoms with van der Waals surface area (Å²) in [6.45, 7) is 7.83. The highest BCUT2D eigenvalue weighted by Crippen LogP contribution is 2.32. The summed E-state index contributed by atoms with van der Waals surface area (Å²) in [5, 5.41) is 1.46. The first kappa shape index (κ1) is 18.1. The van der Waals surface area contributed by atoms with Gasteiger partial charge < -0.3 is 14.2 Å². The minimum atomic E-state index is 0.456. The molecule has 1 aromatic heterocycles. The molecule has 0 aliphatic carbocycles. The van der Waals surface area contributed by atoms with Crippen molar-refractivity contribution < 1.29 is 4.74 Å². The van der Waals surface area contributed by atoms with Crippen LogP contribution in [0, 0.1) is 6.92 Å². The molecule has 0 saturated carbocycles. The Morgan fingerprint density at radius 3 is 2.52 bits per heavy atom. The van der Waals surface area contributed by atoms with E-state index >= 15 is 0 Å². The second kappa shape index (κ2) is 7.40. The van der Waals surface area contributed by atoms with E-state index < -0.39 is 0 Å². The molecule has 3 heteroatoms. The highest BCUT2D eigenvalue weighted by atomic mass is 16.5. The summed E-state index contributed by atoms with van der Waals surface area (Å²) in [4.78, 5) is 2.46. The summed E-state index contributed by atoms with van der Waals surface area (Å²) in [7, 11) is 3.96. The van der Waals surface area contributed by atoms with Gasteiger partial charge in [0.2, 0.25) is 0 Å². The molecule has 1 aliphatic heterocycles. The van der Waals surface area contributed by atoms with Crippen LogP contribution < -0.4 is 4.74 Å². The Balaban J connectivity index is 1.74. The minimum Gasteiger partial charge on any atom is -0.497 e. The lowest BCUT2D eigenvalue weighted by Crippen LogP contribution is -2.21. The van der Waals surface area contributed by atoms with Crippen LogP contribution in [-0.4, -0.2) is 36.7 Å². The molecule has 3 aromatic rings. The van der Waals surface area contributed by atoms with Crippen molar-refractivity contribution in [3.63, 3.8) is 0 Å². The van der Waals surface area contributed by atoms with Crippen molar-refractivity contribution in [2.75, 3.05) is 27.2 Å². The van der Waals surface area contributed by atoms with Crippen molar-refractivity contribution >= 4 is 10.9 Å². The van der Waals surface area contributed by atoms with Gasteiger partial charge in [-0.15, -0.1) is 0 Å². The number of methoxy groups -OCH3 is 1. The van der Waals surface area contributed by atoms with E-state index in [4.69, 9.17) is 4.74 Å². The number of ether oxygens (including phenoxy) is 1. The molecule has 0 bridgehead atoms. The van der Waals surface area contributed by atoms with Crippen molar-refractivity contribution in [1.82, 2.24) is 9.47 Å². The molecule has 0 spiro atoms. The highest BCUT2D eigenvalue weighted by molar-refractivity contribution is 5.86. The van der Waals surface area contributed by atoms with E-state index in [1.54, 1.807) is 18.4 Å². The molecule has 0 radical (unpaired) electrons. The molecule has 142 valence electrons. The maximum Gasteiger partial charge on any atom is 0.118 e. The average molecular weight is 363 g/mol. The lowest BCUT2D eigenvalue weighted by Gasteiger charge is -2.18. The molecule has 1 unspecified atom stereocenters. The Labute approximate surface area is 162 Å². The number of hydrogen-bond donors (Lipinski definition) is 0. The molecule has 2 aromatic carbocycles. The van der Waals surface area contributed by atoms with Crippen LogP contribution in [0.2, 0.25) is 0 Å². The lowest BCUT2D eigenvalue weighted by atomic mass is 10.0. The van der Waals surface area contributed by atoms with Crippen LogP contribution in [0.15, 0.2) is 42.5 Å². The zero-order valence-corrected chi connectivity index (χ0v) is 17.0. The van der Waals surface area contributed by atoms with Crippen molar-refractivity contribution in [2.45, 2.75) is 39.2 Å². The molecule has 3 nitrogen and oxygen atoms in total. The number of fused-ring (bicyclic) bond motifs is 3. The summed E-state index contributed by atoms with van der Waals surface area (Å²) in [6.07, 6.45) is 2.28. The molecule has 4 rings (SSSR count). The fourth-order valence-corrected chi connectivity index (χ4v) is 4.39. The van der Waals surface area contributed by atoms with Gasteiger partial charge in [0.1, 0.15) is 5.75 Å². The topological polar surface area (TPSA) is 17.4 Å². The maximum atomic E-state index is 5.31. The fraction of sp³-hybridized carbons (Fsp3) is 0.417. The van der Waals surface area contributed by atoms with Crippen LogP contribution in [-0.2, 0) is 19.4 Å². The summed E-state index contributed by atoms with van der Waals surface area (Å²) in [6, 6.07) is 15.5. The van der Waals surface area contributed by atoms with Crippen LogP contribution in [0.25, 0.3) is 10.9 Å². The molecule has 0 saturated heterocycles. The molecule has 2 heterocycles. The number of nitrogens with zero attached hydrogens (tertiary/aromatic N) is 2. The quantitative estimate of drug-likeness (QED) is 0.664. The number of rotatable bonds is 4. The molecule has 1 atom stereocenters. The van der Waals surface area contributed by atoms with Crippen molar-refractivity contribution in [2.24, 2.45) is 0 Å². The second-order valence-corrected chi connectivity index (χ2v) is 8.03. The minimum absolute atomic E-state index is 0.456. The molecule has 1 aliphatic rings. The number of benzene rings is 2. The first-order chi connectivity index (χ1) is 13.1. The smallest absolute Gasteiger partial charge is 0.118 e. The van der Waals surface area contributed by atoms with E-state index in [1.807, 2.05) is 0 Å². The Hall–Kier alpha value is -2.26. The molecule has 0 amide bonds. The van der Waals surface area contributed by atoms with Crippen LogP contribution in [0.1, 0.15) is 35.2 Å². The third-order valence-electron chi connectivity index (χ3n) is 6.06. The molecule has 0 N–H and O–H groups in total. The van der Waals surface area contributed by atoms with Crippen molar-refractivity contribution in [1.29, 1.82) is 0 Å². The van der Waals surface area contributed by atoms with Gasteiger partial charge in [-0.2, -0.15) is 0 Å². The lowest BCUT2D eigenvalue weighted by molar-refractivity contribution is 0.350. The van der Waals surface area contributed by atoms with Gasteiger partial charge in [0.05, 0.1) is 7.11 Å². The van der Waals surface area contributed by atoms with Crippen molar-refractivity contribution in [3.05, 3.63) is 64.8 Å². The van der Waals surface area contributed by atoms with Crippen LogP contribution in [0.4, 0.5) is 0 Å². The number of aromatic nitrogens is 1. The van der Waals surface area contributed by atoms with E-state index in [9.17, 15) is 0 Å². The van der Waals surface area contributed by atoms with E-state index in [2.05, 4.69) is 72.8 Å². The van der Waals surface area contributed by atoms with E-state index in [0.717, 1.165) is 38.2 Å². The zero-order chi connectivity index (χ0) is 19.0. The largest absolute Gasteiger partial charge is 0.497 e. The Morgan fingerprint density at radius 1 is 1.04 bits per heavy atom. The monoisotopic (exact) mass is 362 g/mol. The molecular formula is C24H30N2O. The number of likely N-dealkylation sites (N-methyl/N-ethyl adjacent to an activating group) is 1. The van der Waals surface area contributed by atoms with Gasteiger partial charge in [0.25, 0.3) is 0 Å². The Bertz CT molecular complexity index is 939. The van der Waals surface area contributed by atoms with Gasteiger partial charge in [0, 0.05) is 42.7 Å². The standard InChI is InChI=1S/C24H30N2O/c1-17-5-10-23-22(15-17)21-11-13-25(3)14-12-24(21)26(23)16-18(2)19-6-8-20(27-4)9-7-19/h5-10,15,18H,11-14,16H2,1-4H3. The predicted molar refractivity (Wildman–Crippen MR) is 113 cm³/mol. The SMILES string of the molecule is COc1ccc(C(C)Cn2c3c(c4cc(C)ccc42)CCN(C)CC3)cc1.